The van der Waals surface area contributed by atoms with Crippen LogP contribution >= 0.6 is 0 Å². The Morgan fingerprint density at radius 2 is 1.56 bits per heavy atom. The van der Waals surface area contributed by atoms with Crippen LogP contribution in [0, 0.1) is 0 Å². The zero-order valence-electron chi connectivity index (χ0n) is 9.32. The van der Waals surface area contributed by atoms with Gasteiger partial charge in [0.25, 0.3) is 0 Å². The molecule has 1 fully saturated rings. The fourth-order valence-electron chi connectivity index (χ4n) is 0.944. The molecule has 5 nitrogen and oxygen atoms in total. The Balaban J connectivity index is 0.000000325. The molecule has 0 saturated carbocycles. The molecule has 16 heavy (non-hydrogen) atoms. The van der Waals surface area contributed by atoms with Gasteiger partial charge in [-0.15, -0.1) is 0 Å². The molecule has 5 heteroatoms. The zero-order valence-corrected chi connectivity index (χ0v) is 9.32. The topological polar surface area (TPSA) is 80.7 Å². The highest BCUT2D eigenvalue weighted by Gasteiger charge is 2.12. The van der Waals surface area contributed by atoms with Crippen LogP contribution in [0.1, 0.15) is 39.0 Å². The highest BCUT2D eigenvalue weighted by molar-refractivity contribution is 5.85. The SMILES string of the molecule is C=C(C)C(=O)O.O=C1CCCCCC(=O)O1. The monoisotopic (exact) mass is 228 g/mol. The van der Waals surface area contributed by atoms with Crippen LogP contribution in [0.4, 0.5) is 0 Å². The number of ether oxygens (including phenoxy) is 1. The van der Waals surface area contributed by atoms with Gasteiger partial charge < -0.3 is 9.84 Å². The van der Waals surface area contributed by atoms with E-state index in [-0.39, 0.29) is 17.5 Å². The lowest BCUT2D eigenvalue weighted by Crippen LogP contribution is -2.13. The molecule has 0 aromatic heterocycles. The van der Waals surface area contributed by atoms with Gasteiger partial charge in [-0.3, -0.25) is 9.59 Å². The van der Waals surface area contributed by atoms with Crippen molar-refractivity contribution in [1.29, 1.82) is 0 Å². The second-order valence-corrected chi connectivity index (χ2v) is 3.49. The summed E-state index contributed by atoms with van der Waals surface area (Å²) in [5.41, 5.74) is 0.176. The van der Waals surface area contributed by atoms with Gasteiger partial charge in [-0.05, 0) is 19.8 Å². The highest BCUT2D eigenvalue weighted by Crippen LogP contribution is 2.09. The number of rotatable bonds is 1. The average Bonchev–Trinajstić information content (AvgIpc) is 2.15. The van der Waals surface area contributed by atoms with Crippen molar-refractivity contribution in [3.63, 3.8) is 0 Å². The maximum absolute atomic E-state index is 10.6. The van der Waals surface area contributed by atoms with E-state index in [1.54, 1.807) is 0 Å². The van der Waals surface area contributed by atoms with Crippen LogP contribution in [0.2, 0.25) is 0 Å². The van der Waals surface area contributed by atoms with E-state index in [4.69, 9.17) is 5.11 Å². The molecule has 1 aliphatic heterocycles. The Hall–Kier alpha value is -1.65. The van der Waals surface area contributed by atoms with Crippen molar-refractivity contribution < 1.29 is 24.2 Å². The number of carboxylic acids is 1. The lowest BCUT2D eigenvalue weighted by Gasteiger charge is -2.06. The number of cyclic esters (lactones) is 2. The van der Waals surface area contributed by atoms with E-state index < -0.39 is 5.97 Å². The second-order valence-electron chi connectivity index (χ2n) is 3.49. The first-order valence-electron chi connectivity index (χ1n) is 5.05. The van der Waals surface area contributed by atoms with Crippen molar-refractivity contribution in [3.05, 3.63) is 12.2 Å². The molecule has 0 bridgehead atoms. The van der Waals surface area contributed by atoms with Crippen LogP contribution in [0.5, 0.6) is 0 Å². The van der Waals surface area contributed by atoms with Crippen LogP contribution in [-0.2, 0) is 19.1 Å². The lowest BCUT2D eigenvalue weighted by atomic mass is 10.1. The number of hydrogen-bond donors (Lipinski definition) is 1. The van der Waals surface area contributed by atoms with Crippen LogP contribution < -0.4 is 0 Å². The molecular formula is C11H16O5. The molecule has 0 amide bonds. The van der Waals surface area contributed by atoms with Gasteiger partial charge in [0.05, 0.1) is 0 Å². The van der Waals surface area contributed by atoms with Crippen molar-refractivity contribution in [2.75, 3.05) is 0 Å². The largest absolute Gasteiger partial charge is 0.478 e. The molecule has 0 aliphatic carbocycles. The summed E-state index contributed by atoms with van der Waals surface area (Å²) < 4.78 is 4.41. The maximum Gasteiger partial charge on any atom is 0.330 e. The zero-order chi connectivity index (χ0) is 12.6. The van der Waals surface area contributed by atoms with E-state index in [9.17, 15) is 14.4 Å². The third-order valence-corrected chi connectivity index (χ3v) is 1.85. The molecule has 1 rings (SSSR count). The second kappa shape index (κ2) is 7.62. The molecule has 1 aliphatic rings. The Bertz CT molecular complexity index is 265. The van der Waals surface area contributed by atoms with Gasteiger partial charge in [0.2, 0.25) is 0 Å². The van der Waals surface area contributed by atoms with E-state index in [1.165, 1.54) is 6.92 Å². The number of carboxylic acid groups (broad SMARTS) is 1. The summed E-state index contributed by atoms with van der Waals surface area (Å²) in [6, 6.07) is 0. The van der Waals surface area contributed by atoms with Gasteiger partial charge in [0.15, 0.2) is 0 Å². The van der Waals surface area contributed by atoms with E-state index in [0.717, 1.165) is 19.3 Å². The Labute approximate surface area is 94.1 Å². The van der Waals surface area contributed by atoms with Gasteiger partial charge >= 0.3 is 17.9 Å². The number of carbonyl (C=O) groups excluding carboxylic acids is 2. The fraction of sp³-hybridized carbons (Fsp3) is 0.545. The third-order valence-electron chi connectivity index (χ3n) is 1.85. The Morgan fingerprint density at radius 1 is 1.19 bits per heavy atom. The summed E-state index contributed by atoms with van der Waals surface area (Å²) in [6.07, 6.45) is 3.45. The van der Waals surface area contributed by atoms with E-state index >= 15 is 0 Å². The molecule has 0 aromatic rings. The van der Waals surface area contributed by atoms with Crippen molar-refractivity contribution in [3.8, 4) is 0 Å². The first-order valence-corrected chi connectivity index (χ1v) is 5.05. The minimum Gasteiger partial charge on any atom is -0.478 e. The number of hydrogen-bond acceptors (Lipinski definition) is 4. The van der Waals surface area contributed by atoms with Crippen LogP contribution in [0.25, 0.3) is 0 Å². The van der Waals surface area contributed by atoms with Gasteiger partial charge in [0.1, 0.15) is 0 Å². The van der Waals surface area contributed by atoms with Crippen molar-refractivity contribution in [1.82, 2.24) is 0 Å². The summed E-state index contributed by atoms with van der Waals surface area (Å²) in [4.78, 5) is 30.8. The molecule has 90 valence electrons. The van der Waals surface area contributed by atoms with Crippen LogP contribution in [0.3, 0.4) is 0 Å². The minimum absolute atomic E-state index is 0.176. The van der Waals surface area contributed by atoms with Gasteiger partial charge in [-0.1, -0.05) is 13.0 Å². The standard InChI is InChI=1S/C7H10O3.C4H6O2/c8-6-4-2-1-3-5-7(9)10-6;1-3(2)4(5)6/h1-5H2;1H2,2H3,(H,5,6). The van der Waals surface area contributed by atoms with Crippen molar-refractivity contribution in [2.45, 2.75) is 39.0 Å². The smallest absolute Gasteiger partial charge is 0.330 e. The molecule has 1 heterocycles. The van der Waals surface area contributed by atoms with E-state index in [0.29, 0.717) is 12.8 Å². The fourth-order valence-corrected chi connectivity index (χ4v) is 0.944. The van der Waals surface area contributed by atoms with E-state index in [2.05, 4.69) is 11.3 Å². The summed E-state index contributed by atoms with van der Waals surface area (Å²) in [6.45, 7) is 4.60. The molecule has 1 N–H and O–H groups in total. The molecule has 0 spiro atoms. The van der Waals surface area contributed by atoms with Crippen LogP contribution in [0.15, 0.2) is 12.2 Å². The van der Waals surface area contributed by atoms with E-state index in [1.807, 2.05) is 0 Å². The first kappa shape index (κ1) is 14.3. The minimum atomic E-state index is -0.935. The molecule has 0 radical (unpaired) electrons. The Kier molecular flexibility index (Phi) is 6.83. The highest BCUT2D eigenvalue weighted by atomic mass is 16.6. The maximum atomic E-state index is 10.6. The molecule has 0 unspecified atom stereocenters. The van der Waals surface area contributed by atoms with Crippen molar-refractivity contribution in [2.24, 2.45) is 0 Å². The molecule has 1 saturated heterocycles. The number of aliphatic carboxylic acids is 1. The van der Waals surface area contributed by atoms with Gasteiger partial charge in [-0.25, -0.2) is 4.79 Å². The molecule has 0 atom stereocenters. The summed E-state index contributed by atoms with van der Waals surface area (Å²) in [5, 5.41) is 7.89. The first-order chi connectivity index (χ1) is 7.43. The number of esters is 2. The van der Waals surface area contributed by atoms with Gasteiger partial charge in [0, 0.05) is 18.4 Å². The normalized spacial score (nSPS) is 16.1. The third kappa shape index (κ3) is 7.73. The number of carbonyl (C=O) groups is 3. The lowest BCUT2D eigenvalue weighted by molar-refractivity contribution is -0.160. The van der Waals surface area contributed by atoms with Gasteiger partial charge in [-0.2, -0.15) is 0 Å². The van der Waals surface area contributed by atoms with Crippen molar-refractivity contribution >= 4 is 17.9 Å². The summed E-state index contributed by atoms with van der Waals surface area (Å²) >= 11 is 0. The van der Waals surface area contributed by atoms with Crippen LogP contribution in [-0.4, -0.2) is 23.0 Å². The molecular weight excluding hydrogens is 212 g/mol. The average molecular weight is 228 g/mol. The quantitative estimate of drug-likeness (QED) is 0.419. The predicted octanol–water partition coefficient (Wildman–Crippen LogP) is 1.67. The molecule has 0 aromatic carbocycles. The predicted molar refractivity (Wildman–Crippen MR) is 56.6 cm³/mol. The summed E-state index contributed by atoms with van der Waals surface area (Å²) in [7, 11) is 0. The summed E-state index contributed by atoms with van der Waals surface area (Å²) in [5.74, 6) is -1.68. The Morgan fingerprint density at radius 3 is 1.88 bits per heavy atom.